The van der Waals surface area contributed by atoms with Crippen LogP contribution in [0, 0.1) is 6.92 Å². The predicted molar refractivity (Wildman–Crippen MR) is 109 cm³/mol. The molecule has 0 amide bonds. The van der Waals surface area contributed by atoms with E-state index in [-0.39, 0.29) is 6.10 Å². The first-order valence-electron chi connectivity index (χ1n) is 9.42. The third-order valence-electron chi connectivity index (χ3n) is 4.62. The minimum absolute atomic E-state index is 0.255. The van der Waals surface area contributed by atoms with Gasteiger partial charge in [-0.15, -0.1) is 10.2 Å². The topological polar surface area (TPSA) is 100 Å². The van der Waals surface area contributed by atoms with E-state index in [9.17, 15) is 0 Å². The van der Waals surface area contributed by atoms with Crippen molar-refractivity contribution in [3.8, 4) is 11.4 Å². The van der Waals surface area contributed by atoms with Crippen LogP contribution in [0.4, 0.5) is 11.5 Å². The summed E-state index contributed by atoms with van der Waals surface area (Å²) < 4.78 is 13.2. The Kier molecular flexibility index (Phi) is 6.13. The molecule has 3 heterocycles. The van der Waals surface area contributed by atoms with Crippen LogP contribution < -0.4 is 11.1 Å². The van der Waals surface area contributed by atoms with Gasteiger partial charge in [-0.1, -0.05) is 19.6 Å². The quantitative estimate of drug-likeness (QED) is 0.501. The van der Waals surface area contributed by atoms with Crippen molar-refractivity contribution in [2.24, 2.45) is 0 Å². The van der Waals surface area contributed by atoms with Gasteiger partial charge in [0.1, 0.15) is 18.4 Å². The van der Waals surface area contributed by atoms with Crippen LogP contribution in [0.25, 0.3) is 11.4 Å². The second-order valence-corrected chi connectivity index (χ2v) is 13.8. The maximum Gasteiger partial charge on any atom is 0.167 e. The Balaban J connectivity index is 1.66. The third kappa shape index (κ3) is 5.27. The van der Waals surface area contributed by atoms with Crippen LogP contribution in [0.3, 0.4) is 0 Å². The van der Waals surface area contributed by atoms with Crippen molar-refractivity contribution < 1.29 is 9.47 Å². The Morgan fingerprint density at radius 1 is 1.37 bits per heavy atom. The lowest BCUT2D eigenvalue weighted by Crippen LogP contribution is -2.33. The Bertz CT molecular complexity index is 770. The van der Waals surface area contributed by atoms with Gasteiger partial charge >= 0.3 is 0 Å². The van der Waals surface area contributed by atoms with Crippen LogP contribution in [-0.4, -0.2) is 53.7 Å². The van der Waals surface area contributed by atoms with E-state index in [1.165, 1.54) is 0 Å². The van der Waals surface area contributed by atoms with Crippen LogP contribution in [0.1, 0.15) is 12.2 Å². The summed E-state index contributed by atoms with van der Waals surface area (Å²) in [4.78, 5) is 4.46. The van der Waals surface area contributed by atoms with Gasteiger partial charge in [0.15, 0.2) is 5.82 Å². The molecule has 0 aromatic carbocycles. The van der Waals surface area contributed by atoms with E-state index in [2.05, 4.69) is 40.1 Å². The van der Waals surface area contributed by atoms with Gasteiger partial charge in [-0.3, -0.25) is 4.57 Å². The minimum atomic E-state index is -1.11. The number of aromatic nitrogens is 4. The first-order chi connectivity index (χ1) is 12.8. The number of nitrogens with two attached hydrogens (primary N) is 1. The van der Waals surface area contributed by atoms with Crippen LogP contribution in [0.15, 0.2) is 12.3 Å². The number of nitrogen functional groups attached to an aromatic ring is 1. The average Bonchev–Trinajstić information content (AvgIpc) is 2.91. The second kappa shape index (κ2) is 8.36. The molecule has 1 fully saturated rings. The van der Waals surface area contributed by atoms with E-state index in [0.717, 1.165) is 43.6 Å². The number of ether oxygens (including phenoxy) is 2. The van der Waals surface area contributed by atoms with Gasteiger partial charge in [-0.25, -0.2) is 4.98 Å². The molecule has 3 N–H and O–H groups in total. The molecule has 1 aliphatic rings. The largest absolute Gasteiger partial charge is 0.396 e. The van der Waals surface area contributed by atoms with Gasteiger partial charge in [0.2, 0.25) is 0 Å². The average molecular weight is 391 g/mol. The lowest BCUT2D eigenvalue weighted by Gasteiger charge is -2.26. The maximum absolute atomic E-state index is 6.18. The highest BCUT2D eigenvalue weighted by molar-refractivity contribution is 6.76. The fourth-order valence-corrected chi connectivity index (χ4v) is 3.45. The first-order valence-corrected chi connectivity index (χ1v) is 13.1. The Morgan fingerprint density at radius 3 is 2.78 bits per heavy atom. The van der Waals surface area contributed by atoms with Crippen LogP contribution in [-0.2, 0) is 16.2 Å². The molecule has 1 saturated heterocycles. The maximum atomic E-state index is 6.18. The summed E-state index contributed by atoms with van der Waals surface area (Å²) in [6.45, 7) is 11.7. The van der Waals surface area contributed by atoms with E-state index in [4.69, 9.17) is 15.2 Å². The smallest absolute Gasteiger partial charge is 0.167 e. The minimum Gasteiger partial charge on any atom is -0.396 e. The fourth-order valence-electron chi connectivity index (χ4n) is 2.69. The molecular weight excluding hydrogens is 360 g/mol. The Morgan fingerprint density at radius 2 is 2.15 bits per heavy atom. The van der Waals surface area contributed by atoms with E-state index in [1.54, 1.807) is 6.20 Å². The second-order valence-electron chi connectivity index (χ2n) is 8.17. The zero-order chi connectivity index (χ0) is 19.4. The van der Waals surface area contributed by atoms with Crippen LogP contribution >= 0.6 is 0 Å². The molecule has 1 atom stereocenters. The molecule has 27 heavy (non-hydrogen) atoms. The molecule has 0 saturated carbocycles. The molecule has 148 valence electrons. The molecule has 8 nitrogen and oxygen atoms in total. The number of anilines is 2. The number of nitrogens with one attached hydrogen (secondary N) is 1. The summed E-state index contributed by atoms with van der Waals surface area (Å²) in [7, 11) is -1.11. The number of pyridine rings is 1. The standard InChI is InChI=1S/C18H30N6O2Si/c1-13-22-23-18(24(13)12-25-7-8-27(2,3)4)14-9-16(19)17(20-10-14)21-11-15-5-6-26-15/h9-10,15H,5-8,11-12,19H2,1-4H3,(H,20,21). The molecule has 1 aliphatic heterocycles. The SMILES string of the molecule is Cc1nnc(-c2cnc(NCC3CCO3)c(N)c2)n1COCC[Si](C)(C)C. The van der Waals surface area contributed by atoms with E-state index in [0.29, 0.717) is 24.1 Å². The number of nitrogens with zero attached hydrogens (tertiary/aromatic N) is 4. The third-order valence-corrected chi connectivity index (χ3v) is 6.32. The van der Waals surface area contributed by atoms with Crippen molar-refractivity contribution in [2.45, 2.75) is 51.9 Å². The fraction of sp³-hybridized carbons (Fsp3) is 0.611. The van der Waals surface area contributed by atoms with Gasteiger partial charge in [-0.05, 0) is 25.5 Å². The van der Waals surface area contributed by atoms with Gasteiger partial charge in [-0.2, -0.15) is 0 Å². The van der Waals surface area contributed by atoms with Crippen molar-refractivity contribution in [3.05, 3.63) is 18.1 Å². The molecule has 0 spiro atoms. The number of hydrogen-bond acceptors (Lipinski definition) is 7. The van der Waals surface area contributed by atoms with Crippen LogP contribution in [0.2, 0.25) is 25.7 Å². The lowest BCUT2D eigenvalue weighted by molar-refractivity contribution is -0.0410. The molecule has 2 aromatic heterocycles. The number of rotatable bonds is 9. The normalized spacial score (nSPS) is 17.0. The Labute approximate surface area is 161 Å². The summed E-state index contributed by atoms with van der Waals surface area (Å²) in [5, 5.41) is 11.7. The summed E-state index contributed by atoms with van der Waals surface area (Å²) in [5.41, 5.74) is 7.59. The van der Waals surface area contributed by atoms with E-state index in [1.807, 2.05) is 17.6 Å². The monoisotopic (exact) mass is 390 g/mol. The molecule has 1 unspecified atom stereocenters. The van der Waals surface area contributed by atoms with Gasteiger partial charge in [0.25, 0.3) is 0 Å². The number of aryl methyl sites for hydroxylation is 1. The molecule has 2 aromatic rings. The van der Waals surface area contributed by atoms with Gasteiger partial charge < -0.3 is 20.5 Å². The van der Waals surface area contributed by atoms with E-state index < -0.39 is 8.07 Å². The zero-order valence-electron chi connectivity index (χ0n) is 16.7. The lowest BCUT2D eigenvalue weighted by atomic mass is 10.2. The van der Waals surface area contributed by atoms with Gasteiger partial charge in [0.05, 0.1) is 11.8 Å². The first kappa shape index (κ1) is 19.8. The predicted octanol–water partition coefficient (Wildman–Crippen LogP) is 2.74. The molecule has 3 rings (SSSR count). The number of hydrogen-bond donors (Lipinski definition) is 2. The molecular formula is C18H30N6O2Si. The molecule has 0 aliphatic carbocycles. The summed E-state index contributed by atoms with van der Waals surface area (Å²) in [5.74, 6) is 2.19. The van der Waals surface area contributed by atoms with Crippen molar-refractivity contribution in [3.63, 3.8) is 0 Å². The highest BCUT2D eigenvalue weighted by atomic mass is 28.3. The molecule has 9 heteroatoms. The van der Waals surface area contributed by atoms with Crippen molar-refractivity contribution in [1.82, 2.24) is 19.7 Å². The highest BCUT2D eigenvalue weighted by Gasteiger charge is 2.19. The van der Waals surface area contributed by atoms with Crippen molar-refractivity contribution in [1.29, 1.82) is 0 Å². The van der Waals surface area contributed by atoms with Crippen molar-refractivity contribution >= 4 is 19.6 Å². The molecule has 0 radical (unpaired) electrons. The highest BCUT2D eigenvalue weighted by Crippen LogP contribution is 2.25. The summed E-state index contributed by atoms with van der Waals surface area (Å²) in [6, 6.07) is 3.00. The zero-order valence-corrected chi connectivity index (χ0v) is 17.7. The van der Waals surface area contributed by atoms with Crippen LogP contribution in [0.5, 0.6) is 0 Å². The van der Waals surface area contributed by atoms with Crippen molar-refractivity contribution in [2.75, 3.05) is 30.8 Å². The summed E-state index contributed by atoms with van der Waals surface area (Å²) in [6.07, 6.45) is 3.10. The Hall–Kier alpha value is -1.97. The van der Waals surface area contributed by atoms with E-state index >= 15 is 0 Å². The summed E-state index contributed by atoms with van der Waals surface area (Å²) >= 11 is 0. The molecule has 0 bridgehead atoms. The van der Waals surface area contributed by atoms with Gasteiger partial charge in [0, 0.05) is 39.6 Å².